The fraction of sp³-hybridized carbons (Fsp3) is 0.318. The Bertz CT molecular complexity index is 692. The third-order valence-corrected chi connectivity index (χ3v) is 5.07. The molecule has 0 unspecified atom stereocenters. The second kappa shape index (κ2) is 10.1. The van der Waals surface area contributed by atoms with E-state index in [2.05, 4.69) is 81.9 Å². The van der Waals surface area contributed by atoms with Gasteiger partial charge in [0.1, 0.15) is 0 Å². The molecular formula is C22H27N3S. The summed E-state index contributed by atoms with van der Waals surface area (Å²) in [4.78, 5) is 4.76. The summed E-state index contributed by atoms with van der Waals surface area (Å²) >= 11 is 5.56. The molecule has 1 aliphatic rings. The highest BCUT2D eigenvalue weighted by atomic mass is 32.1. The van der Waals surface area contributed by atoms with Crippen LogP contribution < -0.4 is 5.32 Å². The van der Waals surface area contributed by atoms with Crippen molar-refractivity contribution in [3.8, 4) is 0 Å². The highest BCUT2D eigenvalue weighted by Gasteiger charge is 2.17. The second-order valence-corrected chi connectivity index (χ2v) is 6.95. The van der Waals surface area contributed by atoms with Crippen molar-refractivity contribution >= 4 is 23.4 Å². The van der Waals surface area contributed by atoms with Gasteiger partial charge in [0.2, 0.25) is 0 Å². The predicted octanol–water partition coefficient (Wildman–Crippen LogP) is 3.43. The van der Waals surface area contributed by atoms with Crippen LogP contribution in [0.3, 0.4) is 0 Å². The zero-order valence-corrected chi connectivity index (χ0v) is 16.0. The highest BCUT2D eigenvalue weighted by Crippen LogP contribution is 2.05. The van der Waals surface area contributed by atoms with Gasteiger partial charge in [0, 0.05) is 39.3 Å². The molecular weight excluding hydrogens is 338 g/mol. The zero-order chi connectivity index (χ0) is 18.0. The van der Waals surface area contributed by atoms with E-state index in [-0.39, 0.29) is 0 Å². The largest absolute Gasteiger partial charge is 0.362 e. The quantitative estimate of drug-likeness (QED) is 0.790. The smallest absolute Gasteiger partial charge is 0.169 e. The van der Waals surface area contributed by atoms with E-state index in [1.807, 2.05) is 6.07 Å². The maximum Gasteiger partial charge on any atom is 0.169 e. The van der Waals surface area contributed by atoms with E-state index in [9.17, 15) is 0 Å². The Labute approximate surface area is 162 Å². The number of rotatable bonds is 6. The number of hydrogen-bond acceptors (Lipinski definition) is 2. The number of thiocarbonyl (C=S) groups is 1. The topological polar surface area (TPSA) is 18.5 Å². The van der Waals surface area contributed by atoms with Crippen LogP contribution in [0.2, 0.25) is 0 Å². The average Bonchev–Trinajstić information content (AvgIpc) is 2.70. The van der Waals surface area contributed by atoms with Crippen molar-refractivity contribution in [1.29, 1.82) is 0 Å². The maximum atomic E-state index is 5.56. The van der Waals surface area contributed by atoms with Crippen LogP contribution in [0.5, 0.6) is 0 Å². The molecule has 2 aromatic rings. The Morgan fingerprint density at radius 2 is 1.58 bits per heavy atom. The molecule has 3 rings (SSSR count). The fourth-order valence-corrected chi connectivity index (χ4v) is 3.39. The molecule has 0 aromatic heterocycles. The van der Waals surface area contributed by atoms with Gasteiger partial charge in [0.15, 0.2) is 5.11 Å². The van der Waals surface area contributed by atoms with Crippen molar-refractivity contribution in [2.75, 3.05) is 39.3 Å². The summed E-state index contributed by atoms with van der Waals surface area (Å²) in [7, 11) is 0. The standard InChI is InChI=1S/C22H27N3S/c26-22(23-14-13-21-10-5-2-6-11-21)25-18-16-24(17-19-25)15-7-12-20-8-3-1-4-9-20/h1-12H,13-19H2,(H,23,26). The molecule has 136 valence electrons. The van der Waals surface area contributed by atoms with Gasteiger partial charge in [-0.3, -0.25) is 4.90 Å². The van der Waals surface area contributed by atoms with Crippen LogP contribution in [-0.4, -0.2) is 54.2 Å². The van der Waals surface area contributed by atoms with Gasteiger partial charge in [-0.25, -0.2) is 0 Å². The monoisotopic (exact) mass is 365 g/mol. The van der Waals surface area contributed by atoms with Crippen LogP contribution in [0.15, 0.2) is 66.7 Å². The molecule has 0 saturated carbocycles. The van der Waals surface area contributed by atoms with Gasteiger partial charge in [-0.05, 0) is 29.8 Å². The molecule has 1 heterocycles. The first-order valence-corrected chi connectivity index (χ1v) is 9.73. The molecule has 0 atom stereocenters. The van der Waals surface area contributed by atoms with Gasteiger partial charge >= 0.3 is 0 Å². The summed E-state index contributed by atoms with van der Waals surface area (Å²) in [6.45, 7) is 5.99. The molecule has 2 aromatic carbocycles. The van der Waals surface area contributed by atoms with Crippen molar-refractivity contribution in [2.24, 2.45) is 0 Å². The summed E-state index contributed by atoms with van der Waals surface area (Å²) in [5, 5.41) is 4.29. The van der Waals surface area contributed by atoms with Crippen molar-refractivity contribution in [3.63, 3.8) is 0 Å². The molecule has 26 heavy (non-hydrogen) atoms. The van der Waals surface area contributed by atoms with Gasteiger partial charge in [-0.2, -0.15) is 0 Å². The molecule has 0 spiro atoms. The molecule has 4 heteroatoms. The zero-order valence-electron chi connectivity index (χ0n) is 15.2. The van der Waals surface area contributed by atoms with E-state index < -0.39 is 0 Å². The minimum Gasteiger partial charge on any atom is -0.362 e. The number of piperazine rings is 1. The SMILES string of the molecule is S=C(NCCc1ccccc1)N1CCN(CC=Cc2ccccc2)CC1. The van der Waals surface area contributed by atoms with Gasteiger partial charge in [0.25, 0.3) is 0 Å². The van der Waals surface area contributed by atoms with E-state index in [1.54, 1.807) is 0 Å². The van der Waals surface area contributed by atoms with Gasteiger partial charge in [0.05, 0.1) is 0 Å². The van der Waals surface area contributed by atoms with Gasteiger partial charge in [-0.1, -0.05) is 72.8 Å². The average molecular weight is 366 g/mol. The normalized spacial score (nSPS) is 15.3. The first-order valence-electron chi connectivity index (χ1n) is 9.32. The third-order valence-electron chi connectivity index (χ3n) is 4.67. The summed E-state index contributed by atoms with van der Waals surface area (Å²) in [6, 6.07) is 21.0. The van der Waals surface area contributed by atoms with E-state index in [0.717, 1.165) is 50.8 Å². The lowest BCUT2D eigenvalue weighted by Crippen LogP contribution is -2.51. The van der Waals surface area contributed by atoms with Crippen LogP contribution in [0.1, 0.15) is 11.1 Å². The fourth-order valence-electron chi connectivity index (χ4n) is 3.11. The Hall–Kier alpha value is -2.17. The van der Waals surface area contributed by atoms with Crippen LogP contribution in [0, 0.1) is 0 Å². The molecule has 1 saturated heterocycles. The lowest BCUT2D eigenvalue weighted by atomic mass is 10.1. The van der Waals surface area contributed by atoms with Crippen molar-refractivity contribution in [2.45, 2.75) is 6.42 Å². The predicted molar refractivity (Wildman–Crippen MR) is 114 cm³/mol. The Morgan fingerprint density at radius 1 is 0.923 bits per heavy atom. The first kappa shape index (κ1) is 18.6. The Kier molecular flexibility index (Phi) is 7.23. The molecule has 0 aliphatic carbocycles. The first-order chi connectivity index (χ1) is 12.8. The second-order valence-electron chi connectivity index (χ2n) is 6.57. The molecule has 0 amide bonds. The maximum absolute atomic E-state index is 5.56. The van der Waals surface area contributed by atoms with E-state index in [1.165, 1.54) is 11.1 Å². The number of hydrogen-bond donors (Lipinski definition) is 1. The van der Waals surface area contributed by atoms with Crippen LogP contribution in [0.4, 0.5) is 0 Å². The summed E-state index contributed by atoms with van der Waals surface area (Å²) < 4.78 is 0. The van der Waals surface area contributed by atoms with Crippen LogP contribution in [-0.2, 0) is 6.42 Å². The molecule has 1 N–H and O–H groups in total. The lowest BCUT2D eigenvalue weighted by Gasteiger charge is -2.35. The van der Waals surface area contributed by atoms with E-state index >= 15 is 0 Å². The van der Waals surface area contributed by atoms with E-state index in [4.69, 9.17) is 12.2 Å². The minimum atomic E-state index is 0.889. The number of nitrogens with one attached hydrogen (secondary N) is 1. The molecule has 1 fully saturated rings. The number of benzene rings is 2. The molecule has 1 aliphatic heterocycles. The highest BCUT2D eigenvalue weighted by molar-refractivity contribution is 7.80. The van der Waals surface area contributed by atoms with Crippen LogP contribution >= 0.6 is 12.2 Å². The van der Waals surface area contributed by atoms with Crippen LogP contribution in [0.25, 0.3) is 6.08 Å². The minimum absolute atomic E-state index is 0.889. The summed E-state index contributed by atoms with van der Waals surface area (Å²) in [5.41, 5.74) is 2.60. The van der Waals surface area contributed by atoms with Gasteiger partial charge < -0.3 is 10.2 Å². The van der Waals surface area contributed by atoms with E-state index in [0.29, 0.717) is 0 Å². The molecule has 3 nitrogen and oxygen atoms in total. The Morgan fingerprint density at radius 3 is 2.27 bits per heavy atom. The Balaban J connectivity index is 1.34. The molecule has 0 bridgehead atoms. The van der Waals surface area contributed by atoms with Crippen molar-refractivity contribution in [3.05, 3.63) is 77.9 Å². The summed E-state index contributed by atoms with van der Waals surface area (Å²) in [6.07, 6.45) is 5.45. The lowest BCUT2D eigenvalue weighted by molar-refractivity contribution is 0.197. The molecule has 0 radical (unpaired) electrons. The number of nitrogens with zero attached hydrogens (tertiary/aromatic N) is 2. The van der Waals surface area contributed by atoms with Crippen molar-refractivity contribution < 1.29 is 0 Å². The third kappa shape index (κ3) is 5.97. The summed E-state index contributed by atoms with van der Waals surface area (Å²) in [5.74, 6) is 0. The van der Waals surface area contributed by atoms with Gasteiger partial charge in [-0.15, -0.1) is 0 Å². The van der Waals surface area contributed by atoms with Crippen molar-refractivity contribution in [1.82, 2.24) is 15.1 Å².